The van der Waals surface area contributed by atoms with Gasteiger partial charge in [-0.25, -0.2) is 0 Å². The zero-order valence-electron chi connectivity index (χ0n) is 20.9. The van der Waals surface area contributed by atoms with Gasteiger partial charge in [0, 0.05) is 32.6 Å². The molecule has 0 aliphatic carbocycles. The maximum absolute atomic E-state index is 12.8. The second kappa shape index (κ2) is 11.2. The van der Waals surface area contributed by atoms with Gasteiger partial charge in [0.05, 0.1) is 12.8 Å². The number of ether oxygens (including phenoxy) is 1. The van der Waals surface area contributed by atoms with Crippen LogP contribution in [0.5, 0.6) is 5.75 Å². The first kappa shape index (κ1) is 25.1. The third-order valence-electron chi connectivity index (χ3n) is 6.09. The van der Waals surface area contributed by atoms with Crippen LogP contribution in [-0.2, 0) is 4.79 Å². The summed E-state index contributed by atoms with van der Waals surface area (Å²) in [6.07, 6.45) is 1.41. The normalized spacial score (nSPS) is 11.1. The number of azide groups is 1. The first-order valence-electron chi connectivity index (χ1n) is 12.0. The fraction of sp³-hybridized carbons (Fsp3) is 0.0323. The van der Waals surface area contributed by atoms with Crippen molar-refractivity contribution in [2.24, 2.45) is 5.11 Å². The van der Waals surface area contributed by atoms with Crippen molar-refractivity contribution in [1.29, 1.82) is 0 Å². The number of nitrogens with zero attached hydrogens (tertiary/aromatic N) is 3. The van der Waals surface area contributed by atoms with Gasteiger partial charge in [0.2, 0.25) is 0 Å². The minimum Gasteiger partial charge on any atom is -0.496 e. The number of benzene rings is 4. The van der Waals surface area contributed by atoms with Crippen LogP contribution in [0.4, 0.5) is 0 Å². The van der Waals surface area contributed by atoms with Crippen molar-refractivity contribution in [3.05, 3.63) is 130 Å². The maximum Gasteiger partial charge on any atom is 0.265 e. The van der Waals surface area contributed by atoms with E-state index in [-0.39, 0.29) is 5.70 Å². The zero-order chi connectivity index (χ0) is 27.2. The molecule has 8 nitrogen and oxygen atoms in total. The Labute approximate surface area is 223 Å². The highest BCUT2D eigenvalue weighted by atomic mass is 16.5. The molecular weight excluding hydrogens is 492 g/mol. The van der Waals surface area contributed by atoms with Gasteiger partial charge < -0.3 is 14.5 Å². The van der Waals surface area contributed by atoms with Crippen molar-refractivity contribution in [1.82, 2.24) is 5.32 Å². The fourth-order valence-corrected chi connectivity index (χ4v) is 4.30. The highest BCUT2D eigenvalue weighted by molar-refractivity contribution is 6.07. The van der Waals surface area contributed by atoms with Gasteiger partial charge in [-0.15, -0.1) is 0 Å². The van der Waals surface area contributed by atoms with Crippen LogP contribution in [0.3, 0.4) is 0 Å². The molecular formula is C31H22N4O4. The Morgan fingerprint density at radius 2 is 1.51 bits per heavy atom. The Bertz CT molecular complexity index is 1740. The molecule has 1 heterocycles. The molecule has 0 unspecified atom stereocenters. The number of amides is 2. The number of hydrogen-bond donors (Lipinski definition) is 1. The summed E-state index contributed by atoms with van der Waals surface area (Å²) < 4.78 is 12.1. The van der Waals surface area contributed by atoms with E-state index in [2.05, 4.69) is 15.3 Å². The highest BCUT2D eigenvalue weighted by Gasteiger charge is 2.21. The van der Waals surface area contributed by atoms with Crippen molar-refractivity contribution in [3.63, 3.8) is 0 Å². The van der Waals surface area contributed by atoms with Gasteiger partial charge in [0.25, 0.3) is 11.8 Å². The Balaban J connectivity index is 1.68. The minimum atomic E-state index is -0.946. The topological polar surface area (TPSA) is 117 Å². The van der Waals surface area contributed by atoms with Gasteiger partial charge in [-0.2, -0.15) is 0 Å². The molecule has 0 fully saturated rings. The summed E-state index contributed by atoms with van der Waals surface area (Å²) in [4.78, 5) is 28.0. The molecule has 5 rings (SSSR count). The summed E-state index contributed by atoms with van der Waals surface area (Å²) in [7, 11) is 1.51. The van der Waals surface area contributed by atoms with Crippen LogP contribution in [0.1, 0.15) is 15.9 Å². The van der Waals surface area contributed by atoms with Crippen molar-refractivity contribution in [2.45, 2.75) is 0 Å². The van der Waals surface area contributed by atoms with Gasteiger partial charge in [0.15, 0.2) is 0 Å². The van der Waals surface area contributed by atoms with E-state index in [0.29, 0.717) is 28.2 Å². The van der Waals surface area contributed by atoms with Gasteiger partial charge in [-0.3, -0.25) is 9.59 Å². The van der Waals surface area contributed by atoms with E-state index in [9.17, 15) is 9.59 Å². The second-order valence-corrected chi connectivity index (χ2v) is 8.50. The first-order chi connectivity index (χ1) is 19.1. The molecule has 190 valence electrons. The number of nitrogens with one attached hydrogen (secondary N) is 1. The molecule has 0 bridgehead atoms. The first-order valence-corrected chi connectivity index (χ1v) is 12.0. The standard InChI is InChI=1S/C31H22N4O4/c1-38-26-19-24-27(39-29(21-13-7-3-8-14-21)28(24)20-11-5-2-6-12-20)18-23(26)17-25(31(37)34-35-32)33-30(36)22-15-9-4-10-16-22/h2-19H,1H3,(H,33,36)/b25-17+. The van der Waals surface area contributed by atoms with Crippen LogP contribution in [0.15, 0.2) is 118 Å². The van der Waals surface area contributed by atoms with Crippen LogP contribution in [0, 0.1) is 0 Å². The SMILES string of the molecule is COc1cc2c(-c3ccccc3)c(-c3ccccc3)oc2cc1/C=C(/NC(=O)c1ccccc1)C(=O)N=[N+]=[N-]. The average molecular weight is 515 g/mol. The zero-order valence-corrected chi connectivity index (χ0v) is 20.9. The van der Waals surface area contributed by atoms with Crippen molar-refractivity contribution in [2.75, 3.05) is 7.11 Å². The molecule has 1 N–H and O–H groups in total. The molecule has 8 heteroatoms. The molecule has 0 atom stereocenters. The summed E-state index contributed by atoms with van der Waals surface area (Å²) in [5.41, 5.74) is 12.7. The number of rotatable bonds is 7. The predicted molar refractivity (Wildman–Crippen MR) is 150 cm³/mol. The summed E-state index contributed by atoms with van der Waals surface area (Å²) in [6, 6.07) is 31.6. The lowest BCUT2D eigenvalue weighted by atomic mass is 9.97. The van der Waals surface area contributed by atoms with Crippen LogP contribution in [-0.4, -0.2) is 18.9 Å². The molecule has 0 saturated carbocycles. The number of carbonyl (C=O) groups is 2. The van der Waals surface area contributed by atoms with Crippen LogP contribution in [0.2, 0.25) is 0 Å². The highest BCUT2D eigenvalue weighted by Crippen LogP contribution is 2.43. The van der Waals surface area contributed by atoms with Crippen LogP contribution < -0.4 is 10.1 Å². The third-order valence-corrected chi connectivity index (χ3v) is 6.09. The molecule has 0 radical (unpaired) electrons. The molecule has 0 aliphatic rings. The van der Waals surface area contributed by atoms with E-state index < -0.39 is 11.8 Å². The predicted octanol–water partition coefficient (Wildman–Crippen LogP) is 7.38. The number of carbonyl (C=O) groups excluding carboxylic acids is 2. The van der Waals surface area contributed by atoms with E-state index in [1.165, 1.54) is 13.2 Å². The largest absolute Gasteiger partial charge is 0.496 e. The Morgan fingerprint density at radius 1 is 0.897 bits per heavy atom. The molecule has 5 aromatic rings. The van der Waals surface area contributed by atoms with E-state index >= 15 is 0 Å². The van der Waals surface area contributed by atoms with Crippen LogP contribution >= 0.6 is 0 Å². The number of fused-ring (bicyclic) bond motifs is 1. The number of hydrogen-bond acceptors (Lipinski definition) is 4. The average Bonchev–Trinajstić information content (AvgIpc) is 3.36. The van der Waals surface area contributed by atoms with Crippen molar-refractivity contribution >= 4 is 28.9 Å². The molecule has 2 amide bonds. The van der Waals surface area contributed by atoms with E-state index in [0.717, 1.165) is 22.1 Å². The lowest BCUT2D eigenvalue weighted by Crippen LogP contribution is -2.26. The maximum atomic E-state index is 12.8. The van der Waals surface area contributed by atoms with Crippen LogP contribution in [0.25, 0.3) is 49.9 Å². The van der Waals surface area contributed by atoms with Gasteiger partial charge in [-0.1, -0.05) is 78.9 Å². The molecule has 4 aromatic carbocycles. The van der Waals surface area contributed by atoms with Gasteiger partial charge >= 0.3 is 0 Å². The van der Waals surface area contributed by atoms with E-state index in [1.807, 2.05) is 66.7 Å². The Kier molecular flexibility index (Phi) is 7.21. The van der Waals surface area contributed by atoms with Gasteiger partial charge in [-0.05, 0) is 46.6 Å². The molecule has 1 aromatic heterocycles. The number of methoxy groups -OCH3 is 1. The minimum absolute atomic E-state index is 0.211. The monoisotopic (exact) mass is 514 g/mol. The van der Waals surface area contributed by atoms with Gasteiger partial charge in [0.1, 0.15) is 17.1 Å². The molecule has 0 spiro atoms. The smallest absolute Gasteiger partial charge is 0.265 e. The molecule has 0 saturated heterocycles. The fourth-order valence-electron chi connectivity index (χ4n) is 4.30. The molecule has 0 aliphatic heterocycles. The molecule has 39 heavy (non-hydrogen) atoms. The summed E-state index contributed by atoms with van der Waals surface area (Å²) in [5, 5.41) is 6.54. The lowest BCUT2D eigenvalue weighted by Gasteiger charge is -2.10. The Hall–Kier alpha value is -5.59. The Morgan fingerprint density at radius 3 is 2.13 bits per heavy atom. The van der Waals surface area contributed by atoms with Crippen molar-refractivity contribution in [3.8, 4) is 28.2 Å². The van der Waals surface area contributed by atoms with E-state index in [4.69, 9.17) is 14.7 Å². The lowest BCUT2D eigenvalue weighted by molar-refractivity contribution is -0.114. The second-order valence-electron chi connectivity index (χ2n) is 8.50. The third kappa shape index (κ3) is 5.27. The summed E-state index contributed by atoms with van der Waals surface area (Å²) >= 11 is 0. The van der Waals surface area contributed by atoms with Crippen molar-refractivity contribution < 1.29 is 18.7 Å². The summed E-state index contributed by atoms with van der Waals surface area (Å²) in [5.74, 6) is -0.361. The number of furan rings is 1. The quantitative estimate of drug-likeness (QED) is 0.105. The van der Waals surface area contributed by atoms with E-state index in [1.54, 1.807) is 36.4 Å². The summed E-state index contributed by atoms with van der Waals surface area (Å²) in [6.45, 7) is 0.